The summed E-state index contributed by atoms with van der Waals surface area (Å²) in [5, 5.41) is 0. The summed E-state index contributed by atoms with van der Waals surface area (Å²) < 4.78 is 0.918. The molecule has 1 fully saturated rings. The Bertz CT molecular complexity index is 542. The van der Waals surface area contributed by atoms with Crippen molar-refractivity contribution in [1.82, 2.24) is 9.80 Å². The molecule has 0 bridgehead atoms. The molecule has 0 saturated carbocycles. The quantitative estimate of drug-likeness (QED) is 0.612. The van der Waals surface area contributed by atoms with Gasteiger partial charge in [-0.25, -0.2) is 4.79 Å². The van der Waals surface area contributed by atoms with Gasteiger partial charge in [-0.05, 0) is 24.1 Å². The molecule has 1 heterocycles. The zero-order valence-electron chi connectivity index (χ0n) is 11.1. The van der Waals surface area contributed by atoms with Crippen molar-refractivity contribution in [3.63, 3.8) is 0 Å². The molecule has 0 radical (unpaired) electrons. The van der Waals surface area contributed by atoms with Crippen molar-refractivity contribution in [3.05, 3.63) is 34.3 Å². The first-order chi connectivity index (χ1) is 9.54. The molecule has 0 aliphatic carbocycles. The number of benzene rings is 1. The summed E-state index contributed by atoms with van der Waals surface area (Å²) >= 11 is 3.32. The highest BCUT2D eigenvalue weighted by Gasteiger charge is 2.43. The predicted molar refractivity (Wildman–Crippen MR) is 76.7 cm³/mol. The van der Waals surface area contributed by atoms with E-state index in [1.807, 2.05) is 31.2 Å². The number of amides is 4. The molecule has 2 rings (SSSR count). The Morgan fingerprint density at radius 3 is 2.20 bits per heavy atom. The average molecular weight is 339 g/mol. The monoisotopic (exact) mass is 338 g/mol. The van der Waals surface area contributed by atoms with Crippen LogP contribution in [0.4, 0.5) is 4.79 Å². The molecule has 6 heteroatoms. The Labute approximate surface area is 125 Å². The van der Waals surface area contributed by atoms with Crippen LogP contribution in [0.25, 0.3) is 0 Å². The second-order valence-corrected chi connectivity index (χ2v) is 5.53. The molecule has 1 aromatic rings. The third-order valence-corrected chi connectivity index (χ3v) is 3.65. The fraction of sp³-hybridized carbons (Fsp3) is 0.357. The van der Waals surface area contributed by atoms with Crippen molar-refractivity contribution in [2.45, 2.75) is 26.3 Å². The van der Waals surface area contributed by atoms with Gasteiger partial charge in [-0.2, -0.15) is 0 Å². The summed E-state index contributed by atoms with van der Waals surface area (Å²) in [5.41, 5.74) is 0.806. The molecule has 1 aliphatic heterocycles. The summed E-state index contributed by atoms with van der Waals surface area (Å²) in [6, 6.07) is 6.76. The fourth-order valence-electron chi connectivity index (χ4n) is 1.98. The van der Waals surface area contributed by atoms with Gasteiger partial charge < -0.3 is 0 Å². The maximum atomic E-state index is 12.1. The predicted octanol–water partition coefficient (Wildman–Crippen LogP) is 2.54. The topological polar surface area (TPSA) is 57.7 Å². The number of hydrogen-bond donors (Lipinski definition) is 0. The van der Waals surface area contributed by atoms with Gasteiger partial charge in [0.2, 0.25) is 0 Å². The Hall–Kier alpha value is -1.69. The van der Waals surface area contributed by atoms with Crippen LogP contribution < -0.4 is 0 Å². The van der Waals surface area contributed by atoms with Crippen LogP contribution in [0.2, 0.25) is 0 Å². The van der Waals surface area contributed by atoms with Gasteiger partial charge in [-0.15, -0.1) is 0 Å². The third-order valence-electron chi connectivity index (χ3n) is 3.12. The van der Waals surface area contributed by atoms with Crippen molar-refractivity contribution in [2.75, 3.05) is 6.54 Å². The molecule has 0 N–H and O–H groups in total. The van der Waals surface area contributed by atoms with Crippen LogP contribution in [0.5, 0.6) is 0 Å². The van der Waals surface area contributed by atoms with E-state index in [1.54, 1.807) is 0 Å². The van der Waals surface area contributed by atoms with Crippen LogP contribution >= 0.6 is 15.9 Å². The van der Waals surface area contributed by atoms with E-state index in [-0.39, 0.29) is 6.54 Å². The SMILES string of the molecule is CCCCN1C(=O)C(=O)N(Cc2ccc(Br)cc2)C1=O. The van der Waals surface area contributed by atoms with E-state index in [0.29, 0.717) is 13.0 Å². The summed E-state index contributed by atoms with van der Waals surface area (Å²) in [7, 11) is 0. The molecule has 5 nitrogen and oxygen atoms in total. The van der Waals surface area contributed by atoms with Gasteiger partial charge in [0.05, 0.1) is 6.54 Å². The lowest BCUT2D eigenvalue weighted by atomic mass is 10.2. The van der Waals surface area contributed by atoms with Crippen LogP contribution in [0.3, 0.4) is 0 Å². The smallest absolute Gasteiger partial charge is 0.263 e. The fourth-order valence-corrected chi connectivity index (χ4v) is 2.24. The summed E-state index contributed by atoms with van der Waals surface area (Å²) in [5.74, 6) is -1.46. The summed E-state index contributed by atoms with van der Waals surface area (Å²) in [6.45, 7) is 2.39. The van der Waals surface area contributed by atoms with Crippen molar-refractivity contribution in [3.8, 4) is 0 Å². The molecule has 106 valence electrons. The van der Waals surface area contributed by atoms with Crippen molar-refractivity contribution in [1.29, 1.82) is 0 Å². The highest BCUT2D eigenvalue weighted by molar-refractivity contribution is 9.10. The molecule has 1 saturated heterocycles. The number of urea groups is 1. The van der Waals surface area contributed by atoms with Crippen LogP contribution in [-0.2, 0) is 16.1 Å². The number of halogens is 1. The molecule has 0 atom stereocenters. The highest BCUT2D eigenvalue weighted by atomic mass is 79.9. The van der Waals surface area contributed by atoms with Gasteiger partial charge in [0, 0.05) is 11.0 Å². The number of hydrogen-bond acceptors (Lipinski definition) is 3. The maximum absolute atomic E-state index is 12.1. The van der Waals surface area contributed by atoms with Crippen LogP contribution in [-0.4, -0.2) is 34.2 Å². The van der Waals surface area contributed by atoms with Crippen molar-refractivity contribution >= 4 is 33.8 Å². The molecule has 0 unspecified atom stereocenters. The first-order valence-electron chi connectivity index (χ1n) is 6.46. The van der Waals surface area contributed by atoms with E-state index in [2.05, 4.69) is 15.9 Å². The number of carbonyl (C=O) groups excluding carboxylic acids is 3. The molecule has 4 amide bonds. The van der Waals surface area contributed by atoms with E-state index in [1.165, 1.54) is 0 Å². The van der Waals surface area contributed by atoms with Crippen LogP contribution in [0.1, 0.15) is 25.3 Å². The van der Waals surface area contributed by atoms with E-state index in [0.717, 1.165) is 26.3 Å². The van der Waals surface area contributed by atoms with Gasteiger partial charge in [0.15, 0.2) is 0 Å². The Morgan fingerprint density at radius 2 is 1.60 bits per heavy atom. The number of carbonyl (C=O) groups is 3. The molecular weight excluding hydrogens is 324 g/mol. The normalized spacial score (nSPS) is 15.4. The Balaban J connectivity index is 2.12. The van der Waals surface area contributed by atoms with Crippen molar-refractivity contribution in [2.24, 2.45) is 0 Å². The number of nitrogens with zero attached hydrogens (tertiary/aromatic N) is 2. The first kappa shape index (κ1) is 14.7. The van der Waals surface area contributed by atoms with E-state index < -0.39 is 17.8 Å². The largest absolute Gasteiger partial charge is 0.334 e. The molecular formula is C14H15BrN2O3. The Kier molecular flexibility index (Phi) is 4.54. The van der Waals surface area contributed by atoms with Gasteiger partial charge in [0.25, 0.3) is 0 Å². The summed E-state index contributed by atoms with van der Waals surface area (Å²) in [6.07, 6.45) is 1.56. The minimum atomic E-state index is -0.742. The van der Waals surface area contributed by atoms with Crippen LogP contribution in [0.15, 0.2) is 28.7 Å². The highest BCUT2D eigenvalue weighted by Crippen LogP contribution is 2.18. The molecule has 1 aliphatic rings. The van der Waals surface area contributed by atoms with Gasteiger partial charge in [0.1, 0.15) is 0 Å². The van der Waals surface area contributed by atoms with Crippen LogP contribution in [0, 0.1) is 0 Å². The minimum absolute atomic E-state index is 0.124. The molecule has 20 heavy (non-hydrogen) atoms. The van der Waals surface area contributed by atoms with Crippen molar-refractivity contribution < 1.29 is 14.4 Å². The number of rotatable bonds is 5. The van der Waals surface area contributed by atoms with E-state index >= 15 is 0 Å². The first-order valence-corrected chi connectivity index (χ1v) is 7.25. The third kappa shape index (κ3) is 2.90. The lowest BCUT2D eigenvalue weighted by molar-refractivity contribution is -0.143. The lowest BCUT2D eigenvalue weighted by Crippen LogP contribution is -2.33. The molecule has 0 aromatic heterocycles. The molecule has 1 aromatic carbocycles. The number of imide groups is 2. The Morgan fingerprint density at radius 1 is 1.00 bits per heavy atom. The minimum Gasteiger partial charge on any atom is -0.263 e. The van der Waals surface area contributed by atoms with Gasteiger partial charge >= 0.3 is 17.8 Å². The van der Waals surface area contributed by atoms with E-state index in [4.69, 9.17) is 0 Å². The zero-order chi connectivity index (χ0) is 14.7. The maximum Gasteiger partial charge on any atom is 0.334 e. The van der Waals surface area contributed by atoms with E-state index in [9.17, 15) is 14.4 Å². The second kappa shape index (κ2) is 6.17. The van der Waals surface area contributed by atoms with Gasteiger partial charge in [-0.1, -0.05) is 41.4 Å². The second-order valence-electron chi connectivity index (χ2n) is 4.61. The standard InChI is InChI=1S/C14H15BrN2O3/c1-2-3-8-16-12(18)13(19)17(14(16)20)9-10-4-6-11(15)7-5-10/h4-7H,2-3,8-9H2,1H3. The zero-order valence-corrected chi connectivity index (χ0v) is 12.7. The average Bonchev–Trinajstić information content (AvgIpc) is 2.63. The molecule has 0 spiro atoms. The number of unbranched alkanes of at least 4 members (excludes halogenated alkanes) is 1. The lowest BCUT2D eigenvalue weighted by Gasteiger charge is -2.15. The van der Waals surface area contributed by atoms with Gasteiger partial charge in [-0.3, -0.25) is 19.4 Å². The summed E-state index contributed by atoms with van der Waals surface area (Å²) in [4.78, 5) is 37.8.